The van der Waals surface area contributed by atoms with Gasteiger partial charge >= 0.3 is 11.8 Å². The lowest BCUT2D eigenvalue weighted by Gasteiger charge is -2.07. The smallest absolute Gasteiger partial charge is 0.328 e. The van der Waals surface area contributed by atoms with Crippen molar-refractivity contribution in [3.8, 4) is 5.75 Å². The Morgan fingerprint density at radius 1 is 0.880 bits per heavy atom. The number of hydrogen-bond acceptors (Lipinski definition) is 4. The standard InChI is InChI=1S/C18H17N3O4/c1-25-15-10-8-14(9-11-15)19-17(23)18(24)21-20-16(22)12-7-13-5-3-2-4-6-13/h2-12H,1H3,(H,19,23)(H,20,22)(H,21,24). The summed E-state index contributed by atoms with van der Waals surface area (Å²) in [6.07, 6.45) is 2.83. The van der Waals surface area contributed by atoms with E-state index in [0.29, 0.717) is 11.4 Å². The van der Waals surface area contributed by atoms with E-state index in [1.165, 1.54) is 13.2 Å². The third-order valence-electron chi connectivity index (χ3n) is 3.08. The summed E-state index contributed by atoms with van der Waals surface area (Å²) in [5.74, 6) is -1.83. The summed E-state index contributed by atoms with van der Waals surface area (Å²) in [5.41, 5.74) is 5.43. The van der Waals surface area contributed by atoms with Crippen LogP contribution in [0, 0.1) is 0 Å². The van der Waals surface area contributed by atoms with Gasteiger partial charge in [0, 0.05) is 11.8 Å². The van der Waals surface area contributed by atoms with Crippen LogP contribution in [0.2, 0.25) is 0 Å². The molecule has 3 amide bonds. The first kappa shape index (κ1) is 17.7. The molecule has 0 aliphatic carbocycles. The molecule has 0 bridgehead atoms. The molecule has 128 valence electrons. The molecule has 0 aliphatic rings. The molecule has 0 saturated heterocycles. The van der Waals surface area contributed by atoms with E-state index in [-0.39, 0.29) is 0 Å². The fraction of sp³-hybridized carbons (Fsp3) is 0.0556. The van der Waals surface area contributed by atoms with E-state index < -0.39 is 17.7 Å². The third-order valence-corrected chi connectivity index (χ3v) is 3.08. The van der Waals surface area contributed by atoms with Gasteiger partial charge in [0.2, 0.25) is 0 Å². The van der Waals surface area contributed by atoms with Gasteiger partial charge in [0.05, 0.1) is 7.11 Å². The molecule has 0 fully saturated rings. The number of benzene rings is 2. The maximum atomic E-state index is 11.7. The Morgan fingerprint density at radius 3 is 2.20 bits per heavy atom. The number of carbonyl (C=O) groups is 3. The van der Waals surface area contributed by atoms with Crippen LogP contribution in [-0.2, 0) is 14.4 Å². The molecule has 2 aromatic carbocycles. The van der Waals surface area contributed by atoms with E-state index in [1.54, 1.807) is 30.3 Å². The quantitative estimate of drug-likeness (QED) is 0.447. The second kappa shape index (κ2) is 8.88. The van der Waals surface area contributed by atoms with Crippen LogP contribution in [0.15, 0.2) is 60.7 Å². The summed E-state index contributed by atoms with van der Waals surface area (Å²) >= 11 is 0. The average molecular weight is 339 g/mol. The van der Waals surface area contributed by atoms with Gasteiger partial charge in [-0.15, -0.1) is 0 Å². The maximum absolute atomic E-state index is 11.7. The fourth-order valence-electron chi connectivity index (χ4n) is 1.82. The summed E-state index contributed by atoms with van der Waals surface area (Å²) < 4.78 is 5.00. The first-order chi connectivity index (χ1) is 12.1. The van der Waals surface area contributed by atoms with Gasteiger partial charge in [-0.2, -0.15) is 0 Å². The molecule has 7 heteroatoms. The van der Waals surface area contributed by atoms with Gasteiger partial charge in [-0.05, 0) is 35.9 Å². The lowest BCUT2D eigenvalue weighted by Crippen LogP contribution is -2.46. The van der Waals surface area contributed by atoms with E-state index in [4.69, 9.17) is 4.74 Å². The summed E-state index contributed by atoms with van der Waals surface area (Å²) in [6.45, 7) is 0. The van der Waals surface area contributed by atoms with Crippen molar-refractivity contribution in [2.45, 2.75) is 0 Å². The Bertz CT molecular complexity index is 771. The molecule has 25 heavy (non-hydrogen) atoms. The van der Waals surface area contributed by atoms with Crippen LogP contribution in [0.25, 0.3) is 6.08 Å². The molecule has 0 unspecified atom stereocenters. The zero-order valence-electron chi connectivity index (χ0n) is 13.5. The predicted octanol–water partition coefficient (Wildman–Crippen LogP) is 1.49. The van der Waals surface area contributed by atoms with E-state index in [0.717, 1.165) is 5.56 Å². The van der Waals surface area contributed by atoms with Crippen LogP contribution < -0.4 is 20.9 Å². The molecule has 2 rings (SSSR count). The van der Waals surface area contributed by atoms with Crippen LogP contribution in [0.3, 0.4) is 0 Å². The van der Waals surface area contributed by atoms with Crippen molar-refractivity contribution in [2.75, 3.05) is 12.4 Å². The second-order valence-electron chi connectivity index (χ2n) is 4.87. The largest absolute Gasteiger partial charge is 0.497 e. The number of amides is 3. The highest BCUT2D eigenvalue weighted by molar-refractivity contribution is 6.39. The Labute approximate surface area is 144 Å². The molecule has 0 aliphatic heterocycles. The number of methoxy groups -OCH3 is 1. The lowest BCUT2D eigenvalue weighted by molar-refractivity contribution is -0.137. The molecule has 0 spiro atoms. The van der Waals surface area contributed by atoms with Crippen molar-refractivity contribution in [3.05, 3.63) is 66.2 Å². The van der Waals surface area contributed by atoms with E-state index in [2.05, 4.69) is 10.7 Å². The highest BCUT2D eigenvalue weighted by Crippen LogP contribution is 2.14. The molecule has 0 saturated carbocycles. The van der Waals surface area contributed by atoms with Crippen LogP contribution in [-0.4, -0.2) is 24.8 Å². The topological polar surface area (TPSA) is 96.5 Å². The highest BCUT2D eigenvalue weighted by atomic mass is 16.5. The zero-order chi connectivity index (χ0) is 18.1. The minimum Gasteiger partial charge on any atom is -0.497 e. The van der Waals surface area contributed by atoms with Crippen molar-refractivity contribution < 1.29 is 19.1 Å². The number of hydrogen-bond donors (Lipinski definition) is 3. The van der Waals surface area contributed by atoms with Gasteiger partial charge in [-0.25, -0.2) is 0 Å². The first-order valence-corrected chi connectivity index (χ1v) is 7.37. The summed E-state index contributed by atoms with van der Waals surface area (Å²) in [5, 5.41) is 2.40. The summed E-state index contributed by atoms with van der Waals surface area (Å²) in [4.78, 5) is 35.0. The van der Waals surface area contributed by atoms with Crippen molar-refractivity contribution in [1.82, 2.24) is 10.9 Å². The van der Waals surface area contributed by atoms with Gasteiger partial charge in [-0.3, -0.25) is 25.2 Å². The Balaban J connectivity index is 1.79. The third kappa shape index (κ3) is 5.83. The molecule has 7 nitrogen and oxygen atoms in total. The summed E-state index contributed by atoms with van der Waals surface area (Å²) in [6, 6.07) is 15.6. The number of rotatable bonds is 4. The first-order valence-electron chi connectivity index (χ1n) is 7.37. The second-order valence-corrected chi connectivity index (χ2v) is 4.87. The number of anilines is 1. The molecular weight excluding hydrogens is 322 g/mol. The molecule has 0 atom stereocenters. The normalized spacial score (nSPS) is 10.1. The number of carbonyl (C=O) groups excluding carboxylic acids is 3. The zero-order valence-corrected chi connectivity index (χ0v) is 13.5. The monoisotopic (exact) mass is 339 g/mol. The van der Waals surface area contributed by atoms with Crippen LogP contribution in [0.1, 0.15) is 5.56 Å². The van der Waals surface area contributed by atoms with Crippen LogP contribution in [0.5, 0.6) is 5.75 Å². The van der Waals surface area contributed by atoms with Crippen molar-refractivity contribution in [3.63, 3.8) is 0 Å². The molecule has 0 radical (unpaired) electrons. The highest BCUT2D eigenvalue weighted by Gasteiger charge is 2.13. The maximum Gasteiger partial charge on any atom is 0.328 e. The minimum atomic E-state index is -0.989. The van der Waals surface area contributed by atoms with Gasteiger partial charge in [0.1, 0.15) is 5.75 Å². The van der Waals surface area contributed by atoms with Crippen molar-refractivity contribution in [2.24, 2.45) is 0 Å². The molecule has 0 heterocycles. The van der Waals surface area contributed by atoms with Crippen LogP contribution in [0.4, 0.5) is 5.69 Å². The number of hydrazine groups is 1. The molecular formula is C18H17N3O4. The van der Waals surface area contributed by atoms with E-state index in [9.17, 15) is 14.4 Å². The Hall–Kier alpha value is -3.61. The average Bonchev–Trinajstić information content (AvgIpc) is 2.65. The fourth-order valence-corrected chi connectivity index (χ4v) is 1.82. The molecule has 3 N–H and O–H groups in total. The van der Waals surface area contributed by atoms with Gasteiger partial charge in [0.15, 0.2) is 0 Å². The lowest BCUT2D eigenvalue weighted by atomic mass is 10.2. The SMILES string of the molecule is COc1ccc(NC(=O)C(=O)NNC(=O)C=Cc2ccccc2)cc1. The summed E-state index contributed by atoms with van der Waals surface area (Å²) in [7, 11) is 1.52. The Morgan fingerprint density at radius 2 is 1.56 bits per heavy atom. The molecule has 2 aromatic rings. The van der Waals surface area contributed by atoms with Crippen molar-refractivity contribution in [1.29, 1.82) is 0 Å². The Kier molecular flexibility index (Phi) is 6.30. The minimum absolute atomic E-state index is 0.427. The number of ether oxygens (including phenoxy) is 1. The predicted molar refractivity (Wildman–Crippen MR) is 93.4 cm³/mol. The van der Waals surface area contributed by atoms with E-state index >= 15 is 0 Å². The van der Waals surface area contributed by atoms with Gasteiger partial charge < -0.3 is 10.1 Å². The number of nitrogens with one attached hydrogen (secondary N) is 3. The van der Waals surface area contributed by atoms with E-state index in [1.807, 2.05) is 35.8 Å². The van der Waals surface area contributed by atoms with Crippen molar-refractivity contribution >= 4 is 29.5 Å². The van der Waals surface area contributed by atoms with Gasteiger partial charge in [-0.1, -0.05) is 30.3 Å². The van der Waals surface area contributed by atoms with Crippen LogP contribution >= 0.6 is 0 Å². The molecule has 0 aromatic heterocycles. The van der Waals surface area contributed by atoms with Gasteiger partial charge in [0.25, 0.3) is 5.91 Å².